The lowest BCUT2D eigenvalue weighted by Crippen LogP contribution is -2.16. The maximum absolute atomic E-state index is 12.0. The van der Waals surface area contributed by atoms with Gasteiger partial charge in [0.15, 0.2) is 0 Å². The van der Waals surface area contributed by atoms with E-state index >= 15 is 0 Å². The first-order valence-electron chi connectivity index (χ1n) is 6.45. The van der Waals surface area contributed by atoms with Crippen molar-refractivity contribution in [3.05, 3.63) is 23.7 Å². The van der Waals surface area contributed by atoms with Crippen LogP contribution in [0.2, 0.25) is 0 Å². The van der Waals surface area contributed by atoms with Crippen LogP contribution in [0.4, 0.5) is 8.78 Å². The number of nitrogens with one attached hydrogen (secondary N) is 1. The van der Waals surface area contributed by atoms with Crippen molar-refractivity contribution in [2.45, 2.75) is 37.8 Å². The summed E-state index contributed by atoms with van der Waals surface area (Å²) in [6.07, 6.45) is 1.07. The molecule has 0 aliphatic heterocycles. The van der Waals surface area contributed by atoms with Crippen molar-refractivity contribution < 1.29 is 22.7 Å². The van der Waals surface area contributed by atoms with Gasteiger partial charge in [0, 0.05) is 6.42 Å². The van der Waals surface area contributed by atoms with E-state index in [2.05, 4.69) is 5.32 Å². The Morgan fingerprint density at radius 2 is 2.20 bits per heavy atom. The largest absolute Gasteiger partial charge is 0.466 e. The zero-order valence-corrected chi connectivity index (χ0v) is 12.2. The van der Waals surface area contributed by atoms with Gasteiger partial charge in [0.1, 0.15) is 11.5 Å². The van der Waals surface area contributed by atoms with Crippen molar-refractivity contribution in [3.63, 3.8) is 0 Å². The monoisotopic (exact) mass is 307 g/mol. The zero-order chi connectivity index (χ0) is 14.8. The Bertz CT molecular complexity index is 399. The van der Waals surface area contributed by atoms with Crippen LogP contribution in [0.25, 0.3) is 0 Å². The van der Waals surface area contributed by atoms with Gasteiger partial charge in [0.2, 0.25) is 0 Å². The summed E-state index contributed by atoms with van der Waals surface area (Å²) in [5.41, 5.74) is 0. The molecule has 0 spiro atoms. The van der Waals surface area contributed by atoms with Crippen LogP contribution in [0.5, 0.6) is 0 Å². The molecule has 0 amide bonds. The minimum atomic E-state index is -2.38. The van der Waals surface area contributed by atoms with E-state index in [0.717, 1.165) is 0 Å². The number of rotatable bonds is 10. The summed E-state index contributed by atoms with van der Waals surface area (Å²) in [6.45, 7) is 3.36. The highest BCUT2D eigenvalue weighted by atomic mass is 32.2. The van der Waals surface area contributed by atoms with E-state index in [4.69, 9.17) is 9.15 Å². The molecule has 114 valence electrons. The van der Waals surface area contributed by atoms with Crippen molar-refractivity contribution in [2.24, 2.45) is 0 Å². The number of hydrogen-bond donors (Lipinski definition) is 1. The maximum atomic E-state index is 12.0. The topological polar surface area (TPSA) is 51.5 Å². The first kappa shape index (κ1) is 17.0. The quantitative estimate of drug-likeness (QED) is 0.531. The number of ether oxygens (including phenoxy) is 1. The number of furan rings is 1. The van der Waals surface area contributed by atoms with Crippen LogP contribution in [0, 0.1) is 0 Å². The van der Waals surface area contributed by atoms with Crippen molar-refractivity contribution >= 4 is 17.7 Å². The second-order valence-corrected chi connectivity index (χ2v) is 5.00. The molecule has 7 heteroatoms. The number of thioether (sulfide) groups is 1. The van der Waals surface area contributed by atoms with Crippen LogP contribution in [0.1, 0.15) is 31.3 Å². The SMILES string of the molecule is CCOC(=O)CCCNCc1ccc(CSC(F)F)o1. The molecule has 0 aromatic carbocycles. The second-order valence-electron chi connectivity index (χ2n) is 4.03. The molecule has 1 rings (SSSR count). The Kier molecular flexibility index (Phi) is 8.29. The summed E-state index contributed by atoms with van der Waals surface area (Å²) in [4.78, 5) is 11.1. The molecule has 0 radical (unpaired) electrons. The van der Waals surface area contributed by atoms with Crippen LogP contribution in [0.3, 0.4) is 0 Å². The van der Waals surface area contributed by atoms with Gasteiger partial charge in [-0.25, -0.2) is 0 Å². The molecule has 1 aromatic rings. The normalized spacial score (nSPS) is 11.0. The molecule has 1 heterocycles. The lowest BCUT2D eigenvalue weighted by molar-refractivity contribution is -0.143. The van der Waals surface area contributed by atoms with Crippen LogP contribution < -0.4 is 5.32 Å². The van der Waals surface area contributed by atoms with E-state index < -0.39 is 5.76 Å². The Morgan fingerprint density at radius 3 is 2.90 bits per heavy atom. The van der Waals surface area contributed by atoms with Gasteiger partial charge < -0.3 is 14.5 Å². The third-order valence-corrected chi connectivity index (χ3v) is 3.11. The molecule has 0 saturated heterocycles. The molecule has 0 atom stereocenters. The number of halogens is 2. The van der Waals surface area contributed by atoms with Gasteiger partial charge in [-0.3, -0.25) is 4.79 Å². The second kappa shape index (κ2) is 9.77. The maximum Gasteiger partial charge on any atom is 0.305 e. The third kappa shape index (κ3) is 7.49. The molecule has 1 aromatic heterocycles. The third-order valence-electron chi connectivity index (χ3n) is 2.41. The highest BCUT2D eigenvalue weighted by Gasteiger charge is 2.07. The van der Waals surface area contributed by atoms with Crippen LogP contribution >= 0.6 is 11.8 Å². The van der Waals surface area contributed by atoms with E-state index in [-0.39, 0.29) is 11.7 Å². The fraction of sp³-hybridized carbons (Fsp3) is 0.615. The van der Waals surface area contributed by atoms with E-state index in [1.807, 2.05) is 0 Å². The fourth-order valence-electron chi connectivity index (χ4n) is 1.54. The molecule has 0 fully saturated rings. The summed E-state index contributed by atoms with van der Waals surface area (Å²) in [5.74, 6) is -1.17. The summed E-state index contributed by atoms with van der Waals surface area (Å²) in [7, 11) is 0. The first-order valence-corrected chi connectivity index (χ1v) is 7.50. The molecule has 0 unspecified atom stereocenters. The standard InChI is InChI=1S/C13H19F2NO3S/c1-2-18-12(17)4-3-7-16-8-10-5-6-11(19-10)9-20-13(14)15/h5-6,13,16H,2-4,7-9H2,1H3. The smallest absolute Gasteiger partial charge is 0.305 e. The van der Waals surface area contributed by atoms with Gasteiger partial charge in [-0.05, 0) is 32.0 Å². The van der Waals surface area contributed by atoms with Crippen molar-refractivity contribution in [2.75, 3.05) is 13.2 Å². The zero-order valence-electron chi connectivity index (χ0n) is 11.4. The molecular formula is C13H19F2NO3S. The Balaban J connectivity index is 2.11. The highest BCUT2D eigenvalue weighted by Crippen LogP contribution is 2.21. The number of carbonyl (C=O) groups excluding carboxylic acids is 1. The average molecular weight is 307 g/mol. The summed E-state index contributed by atoms with van der Waals surface area (Å²) in [6, 6.07) is 3.46. The Labute approximate surface area is 121 Å². The highest BCUT2D eigenvalue weighted by molar-refractivity contribution is 7.98. The molecule has 4 nitrogen and oxygen atoms in total. The molecule has 20 heavy (non-hydrogen) atoms. The Hall–Kier alpha value is -1.08. The molecule has 0 saturated carbocycles. The van der Waals surface area contributed by atoms with Crippen LogP contribution in [0.15, 0.2) is 16.5 Å². The van der Waals surface area contributed by atoms with E-state index in [9.17, 15) is 13.6 Å². The molecule has 1 N–H and O–H groups in total. The van der Waals surface area contributed by atoms with Crippen molar-refractivity contribution in [3.8, 4) is 0 Å². The number of alkyl halides is 2. The van der Waals surface area contributed by atoms with Gasteiger partial charge in [0.05, 0.1) is 18.9 Å². The molecular weight excluding hydrogens is 288 g/mol. The fourth-order valence-corrected chi connectivity index (χ4v) is 1.99. The van der Waals surface area contributed by atoms with E-state index in [1.165, 1.54) is 0 Å². The number of carbonyl (C=O) groups is 1. The lowest BCUT2D eigenvalue weighted by atomic mass is 10.3. The van der Waals surface area contributed by atoms with E-state index in [1.54, 1.807) is 19.1 Å². The van der Waals surface area contributed by atoms with Gasteiger partial charge in [0.25, 0.3) is 5.76 Å². The van der Waals surface area contributed by atoms with Gasteiger partial charge in [-0.15, -0.1) is 0 Å². The predicted octanol–water partition coefficient (Wildman–Crippen LogP) is 3.17. The minimum Gasteiger partial charge on any atom is -0.466 e. The van der Waals surface area contributed by atoms with Crippen molar-refractivity contribution in [1.82, 2.24) is 5.32 Å². The van der Waals surface area contributed by atoms with E-state index in [0.29, 0.717) is 55.8 Å². The Morgan fingerprint density at radius 1 is 1.45 bits per heavy atom. The van der Waals surface area contributed by atoms with Crippen LogP contribution in [-0.4, -0.2) is 24.9 Å². The lowest BCUT2D eigenvalue weighted by Gasteiger charge is -2.03. The van der Waals surface area contributed by atoms with Crippen molar-refractivity contribution in [1.29, 1.82) is 0 Å². The summed E-state index contributed by atoms with van der Waals surface area (Å²) in [5, 5.41) is 3.12. The van der Waals surface area contributed by atoms with Gasteiger partial charge in [-0.2, -0.15) is 8.78 Å². The minimum absolute atomic E-state index is 0.167. The first-order chi connectivity index (χ1) is 9.61. The van der Waals surface area contributed by atoms with Gasteiger partial charge in [-0.1, -0.05) is 11.8 Å². The number of hydrogen-bond acceptors (Lipinski definition) is 5. The van der Waals surface area contributed by atoms with Gasteiger partial charge >= 0.3 is 5.97 Å². The molecule has 0 aliphatic rings. The summed E-state index contributed by atoms with van der Waals surface area (Å²) >= 11 is 0.539. The predicted molar refractivity (Wildman–Crippen MR) is 73.6 cm³/mol. The molecule has 0 aliphatic carbocycles. The van der Waals surface area contributed by atoms with Crippen LogP contribution in [-0.2, 0) is 21.8 Å². The average Bonchev–Trinajstić information content (AvgIpc) is 2.84. The molecule has 0 bridgehead atoms. The number of esters is 1. The summed E-state index contributed by atoms with van der Waals surface area (Å²) < 4.78 is 34.2.